The molecule has 1 aliphatic carbocycles. The third-order valence-electron chi connectivity index (χ3n) is 5.01. The van der Waals surface area contributed by atoms with Gasteiger partial charge in [-0.15, -0.1) is 0 Å². The van der Waals surface area contributed by atoms with Crippen molar-refractivity contribution >= 4 is 27.6 Å². The molecule has 1 heterocycles. The van der Waals surface area contributed by atoms with Gasteiger partial charge in [0.25, 0.3) is 0 Å². The highest BCUT2D eigenvalue weighted by Crippen LogP contribution is 2.50. The molecule has 2 fully saturated rings. The molecule has 1 saturated carbocycles. The van der Waals surface area contributed by atoms with Crippen molar-refractivity contribution in [1.29, 1.82) is 0 Å². The average Bonchev–Trinajstić information content (AvgIpc) is 3.05. The molecule has 6 nitrogen and oxygen atoms in total. The number of carboxylic acid groups (broad SMARTS) is 1. The van der Waals surface area contributed by atoms with E-state index in [4.69, 9.17) is 16.3 Å². The smallest absolute Gasteiger partial charge is 0.311 e. The molecular formula is C15H18ClNO5S. The second-order valence-corrected chi connectivity index (χ2v) is 8.49. The molecule has 0 unspecified atom stereocenters. The van der Waals surface area contributed by atoms with E-state index in [0.717, 1.165) is 12.8 Å². The van der Waals surface area contributed by atoms with Gasteiger partial charge in [0.1, 0.15) is 10.6 Å². The molecule has 1 aliphatic heterocycles. The molecule has 0 aromatic heterocycles. The van der Waals surface area contributed by atoms with E-state index >= 15 is 0 Å². The topological polar surface area (TPSA) is 83.9 Å². The summed E-state index contributed by atoms with van der Waals surface area (Å²) in [5.74, 6) is -0.841. The van der Waals surface area contributed by atoms with Crippen LogP contribution < -0.4 is 4.74 Å². The zero-order valence-electron chi connectivity index (χ0n) is 12.7. The number of rotatable bonds is 4. The summed E-state index contributed by atoms with van der Waals surface area (Å²) >= 11 is 5.93. The molecule has 1 aromatic rings. The molecule has 23 heavy (non-hydrogen) atoms. The number of hydrogen-bond acceptors (Lipinski definition) is 4. The van der Waals surface area contributed by atoms with Crippen LogP contribution in [0.2, 0.25) is 5.02 Å². The van der Waals surface area contributed by atoms with Gasteiger partial charge < -0.3 is 9.84 Å². The Labute approximate surface area is 140 Å². The molecule has 2 atom stereocenters. The zero-order chi connectivity index (χ0) is 16.8. The van der Waals surface area contributed by atoms with E-state index in [9.17, 15) is 18.3 Å². The molecule has 1 N–H and O–H groups in total. The number of carbonyl (C=O) groups is 1. The van der Waals surface area contributed by atoms with Crippen molar-refractivity contribution in [2.75, 3.05) is 20.2 Å². The minimum absolute atomic E-state index is 0.00496. The normalized spacial score (nSPS) is 27.8. The minimum Gasteiger partial charge on any atom is -0.495 e. The van der Waals surface area contributed by atoms with E-state index in [1.54, 1.807) is 6.07 Å². The molecule has 126 valence electrons. The van der Waals surface area contributed by atoms with Gasteiger partial charge in [0.15, 0.2) is 0 Å². The van der Waals surface area contributed by atoms with E-state index in [1.807, 2.05) is 0 Å². The fourth-order valence-electron chi connectivity index (χ4n) is 3.77. The van der Waals surface area contributed by atoms with E-state index in [2.05, 4.69) is 0 Å². The van der Waals surface area contributed by atoms with Crippen LogP contribution in [0.15, 0.2) is 23.1 Å². The third-order valence-corrected chi connectivity index (χ3v) is 7.08. The van der Waals surface area contributed by atoms with Gasteiger partial charge in [-0.1, -0.05) is 18.0 Å². The first-order valence-electron chi connectivity index (χ1n) is 7.38. The summed E-state index contributed by atoms with van der Waals surface area (Å²) in [7, 11) is -2.47. The fourth-order valence-corrected chi connectivity index (χ4v) is 5.74. The lowest BCUT2D eigenvalue weighted by molar-refractivity contribution is -0.149. The standard InChI is InChI=1S/C15H18ClNO5S/c1-22-12-5-4-11(16)7-13(12)23(20,21)17-8-10-3-2-6-15(10,9-17)14(18)19/h4-5,7,10H,2-3,6,8-9H2,1H3,(H,18,19)/t10-,15+/m0/s1. The summed E-state index contributed by atoms with van der Waals surface area (Å²) in [6.07, 6.45) is 2.09. The maximum Gasteiger partial charge on any atom is 0.311 e. The Morgan fingerprint density at radius 1 is 1.48 bits per heavy atom. The number of fused-ring (bicyclic) bond motifs is 1. The monoisotopic (exact) mass is 359 g/mol. The van der Waals surface area contributed by atoms with Crippen LogP contribution in [0.4, 0.5) is 0 Å². The largest absolute Gasteiger partial charge is 0.495 e. The molecule has 1 saturated heterocycles. The van der Waals surface area contributed by atoms with Crippen LogP contribution in [-0.2, 0) is 14.8 Å². The molecule has 0 spiro atoms. The number of carboxylic acids is 1. The van der Waals surface area contributed by atoms with E-state index in [1.165, 1.54) is 23.5 Å². The predicted molar refractivity (Wildman–Crippen MR) is 84.2 cm³/mol. The van der Waals surface area contributed by atoms with Crippen LogP contribution in [0.1, 0.15) is 19.3 Å². The van der Waals surface area contributed by atoms with Crippen molar-refractivity contribution in [1.82, 2.24) is 4.31 Å². The van der Waals surface area contributed by atoms with Crippen molar-refractivity contribution in [2.24, 2.45) is 11.3 Å². The number of sulfonamides is 1. The number of halogens is 1. The van der Waals surface area contributed by atoms with Crippen molar-refractivity contribution in [2.45, 2.75) is 24.2 Å². The van der Waals surface area contributed by atoms with Crippen molar-refractivity contribution in [3.63, 3.8) is 0 Å². The van der Waals surface area contributed by atoms with Crippen LogP contribution in [0.25, 0.3) is 0 Å². The first-order valence-corrected chi connectivity index (χ1v) is 9.20. The Morgan fingerprint density at radius 2 is 2.22 bits per heavy atom. The van der Waals surface area contributed by atoms with E-state index in [-0.39, 0.29) is 34.7 Å². The molecule has 3 rings (SSSR count). The van der Waals surface area contributed by atoms with Crippen molar-refractivity contribution in [3.8, 4) is 5.75 Å². The fraction of sp³-hybridized carbons (Fsp3) is 0.533. The molecule has 0 radical (unpaired) electrons. The number of benzene rings is 1. The number of aliphatic carboxylic acids is 1. The van der Waals surface area contributed by atoms with Crippen LogP contribution in [-0.4, -0.2) is 44.0 Å². The van der Waals surface area contributed by atoms with Crippen LogP contribution in [0, 0.1) is 11.3 Å². The van der Waals surface area contributed by atoms with Gasteiger partial charge in [-0.25, -0.2) is 8.42 Å². The van der Waals surface area contributed by atoms with Crippen LogP contribution >= 0.6 is 11.6 Å². The first-order chi connectivity index (χ1) is 10.8. The lowest BCUT2D eigenvalue weighted by Gasteiger charge is -2.23. The van der Waals surface area contributed by atoms with Crippen LogP contribution in [0.5, 0.6) is 5.75 Å². The maximum atomic E-state index is 13.0. The van der Waals surface area contributed by atoms with E-state index < -0.39 is 21.4 Å². The third kappa shape index (κ3) is 2.51. The van der Waals surface area contributed by atoms with Crippen LogP contribution in [0.3, 0.4) is 0 Å². The molecule has 0 amide bonds. The Hall–Kier alpha value is -1.31. The quantitative estimate of drug-likeness (QED) is 0.891. The predicted octanol–water partition coefficient (Wildman–Crippen LogP) is 2.22. The van der Waals surface area contributed by atoms with Gasteiger partial charge in [-0.05, 0) is 37.0 Å². The first kappa shape index (κ1) is 16.5. The molecule has 8 heteroatoms. The molecule has 1 aromatic carbocycles. The van der Waals surface area contributed by atoms with Gasteiger partial charge in [0.05, 0.1) is 12.5 Å². The molecule has 2 aliphatic rings. The van der Waals surface area contributed by atoms with Crippen molar-refractivity contribution < 1.29 is 23.1 Å². The Bertz CT molecular complexity index is 750. The second kappa shape index (κ2) is 5.65. The second-order valence-electron chi connectivity index (χ2n) is 6.14. The zero-order valence-corrected chi connectivity index (χ0v) is 14.2. The SMILES string of the molecule is COc1ccc(Cl)cc1S(=O)(=O)N1C[C@@H]2CCC[C@@]2(C(=O)O)C1. The Morgan fingerprint density at radius 3 is 2.83 bits per heavy atom. The van der Waals surface area contributed by atoms with Gasteiger partial charge in [0.2, 0.25) is 10.0 Å². The van der Waals surface area contributed by atoms with E-state index in [0.29, 0.717) is 6.42 Å². The highest BCUT2D eigenvalue weighted by Gasteiger charge is 2.57. The maximum absolute atomic E-state index is 13.0. The van der Waals surface area contributed by atoms with Gasteiger partial charge in [0, 0.05) is 18.1 Å². The summed E-state index contributed by atoms with van der Waals surface area (Å²) < 4.78 is 32.3. The lowest BCUT2D eigenvalue weighted by Crippen LogP contribution is -2.37. The van der Waals surface area contributed by atoms with Gasteiger partial charge in [-0.2, -0.15) is 4.31 Å². The summed E-state index contributed by atoms with van der Waals surface area (Å²) in [5.41, 5.74) is -0.959. The van der Waals surface area contributed by atoms with Crippen molar-refractivity contribution in [3.05, 3.63) is 23.2 Å². The average molecular weight is 360 g/mol. The number of hydrogen-bond donors (Lipinski definition) is 1. The van der Waals surface area contributed by atoms with Gasteiger partial charge >= 0.3 is 5.97 Å². The Kier molecular flexibility index (Phi) is 4.06. The molecular weight excluding hydrogens is 342 g/mol. The summed E-state index contributed by atoms with van der Waals surface area (Å²) in [6, 6.07) is 4.40. The summed E-state index contributed by atoms with van der Waals surface area (Å²) in [5, 5.41) is 9.89. The highest BCUT2D eigenvalue weighted by molar-refractivity contribution is 7.89. The van der Waals surface area contributed by atoms with Gasteiger partial charge in [-0.3, -0.25) is 4.79 Å². The number of ether oxygens (including phenoxy) is 1. The molecule has 0 bridgehead atoms. The summed E-state index contributed by atoms with van der Waals surface area (Å²) in [6.45, 7) is 0.231. The minimum atomic E-state index is -3.86. The Balaban J connectivity index is 2.00. The summed E-state index contributed by atoms with van der Waals surface area (Å²) in [4.78, 5) is 11.7. The number of nitrogens with zero attached hydrogens (tertiary/aromatic N) is 1. The lowest BCUT2D eigenvalue weighted by atomic mass is 9.81. The number of methoxy groups -OCH3 is 1. The highest BCUT2D eigenvalue weighted by atomic mass is 35.5.